The molecular formula is C18H23NO2. The zero-order chi connectivity index (χ0) is 15.5. The van der Waals surface area contributed by atoms with Gasteiger partial charge in [-0.1, -0.05) is 24.3 Å². The van der Waals surface area contributed by atoms with Crippen molar-refractivity contribution in [3.8, 4) is 11.3 Å². The van der Waals surface area contributed by atoms with Gasteiger partial charge in [0.05, 0.1) is 23.5 Å². The lowest BCUT2D eigenvalue weighted by Crippen LogP contribution is -2.47. The van der Waals surface area contributed by atoms with Crippen molar-refractivity contribution in [2.45, 2.75) is 45.5 Å². The minimum absolute atomic E-state index is 0.456. The molecule has 0 radical (unpaired) electrons. The van der Waals surface area contributed by atoms with Crippen molar-refractivity contribution in [3.63, 3.8) is 0 Å². The Bertz CT molecular complexity index is 586. The fraction of sp³-hybridized carbons (Fsp3) is 0.389. The van der Waals surface area contributed by atoms with E-state index in [9.17, 15) is 5.11 Å². The molecular weight excluding hydrogens is 262 g/mol. The zero-order valence-electron chi connectivity index (χ0n) is 13.1. The van der Waals surface area contributed by atoms with E-state index in [2.05, 4.69) is 11.1 Å². The van der Waals surface area contributed by atoms with Crippen LogP contribution in [0.2, 0.25) is 0 Å². The summed E-state index contributed by atoms with van der Waals surface area (Å²) in [6.45, 7) is 7.78. The Kier molecular flexibility index (Phi) is 4.45. The van der Waals surface area contributed by atoms with Crippen LogP contribution < -0.4 is 0 Å². The molecule has 0 aliphatic carbocycles. The molecule has 1 aromatic heterocycles. The maximum Gasteiger partial charge on any atom is 0.0911 e. The summed E-state index contributed by atoms with van der Waals surface area (Å²) in [5.41, 5.74) is 1.56. The summed E-state index contributed by atoms with van der Waals surface area (Å²) in [6.07, 6.45) is 1.79. The molecule has 1 N–H and O–H groups in total. The van der Waals surface area contributed by atoms with Crippen LogP contribution >= 0.6 is 0 Å². The predicted octanol–water partition coefficient (Wildman–Crippen LogP) is 3.81. The van der Waals surface area contributed by atoms with E-state index >= 15 is 0 Å². The van der Waals surface area contributed by atoms with E-state index in [1.165, 1.54) is 0 Å². The van der Waals surface area contributed by atoms with Crippen LogP contribution in [0.5, 0.6) is 0 Å². The largest absolute Gasteiger partial charge is 0.387 e. The molecule has 3 heteroatoms. The Morgan fingerprint density at radius 1 is 1.05 bits per heavy atom. The molecule has 0 saturated carbocycles. The van der Waals surface area contributed by atoms with Gasteiger partial charge in [0.25, 0.3) is 0 Å². The van der Waals surface area contributed by atoms with E-state index in [0.717, 1.165) is 16.8 Å². The van der Waals surface area contributed by atoms with Gasteiger partial charge in [-0.2, -0.15) is 0 Å². The Balaban J connectivity index is 2.13. The number of benzene rings is 1. The van der Waals surface area contributed by atoms with Crippen molar-refractivity contribution >= 4 is 0 Å². The van der Waals surface area contributed by atoms with Crippen LogP contribution in [-0.4, -0.2) is 21.3 Å². The first-order chi connectivity index (χ1) is 9.79. The van der Waals surface area contributed by atoms with E-state index < -0.39 is 11.2 Å². The number of nitrogens with zero attached hydrogens (tertiary/aromatic N) is 1. The molecule has 0 saturated heterocycles. The van der Waals surface area contributed by atoms with Crippen LogP contribution in [0.4, 0.5) is 0 Å². The number of aromatic nitrogens is 1. The molecule has 0 aliphatic rings. The standard InChI is InChI=1S/C18H23NO2/c1-17(2,20)18(3,4)21-13-14-8-7-9-15(12-14)16-10-5-6-11-19-16/h5-12,20H,13H2,1-4H3. The Morgan fingerprint density at radius 2 is 1.81 bits per heavy atom. The molecule has 0 atom stereocenters. The second-order valence-corrected chi connectivity index (χ2v) is 6.27. The van der Waals surface area contributed by atoms with Crippen molar-refractivity contribution in [3.05, 3.63) is 54.2 Å². The molecule has 2 rings (SSSR count). The third kappa shape index (κ3) is 3.90. The van der Waals surface area contributed by atoms with Crippen LogP contribution in [0.15, 0.2) is 48.7 Å². The molecule has 0 amide bonds. The number of ether oxygens (including phenoxy) is 1. The summed E-state index contributed by atoms with van der Waals surface area (Å²) in [5, 5.41) is 10.1. The number of hydrogen-bond acceptors (Lipinski definition) is 3. The van der Waals surface area contributed by atoms with Gasteiger partial charge >= 0.3 is 0 Å². The third-order valence-electron chi connectivity index (χ3n) is 3.96. The van der Waals surface area contributed by atoms with Gasteiger partial charge in [-0.15, -0.1) is 0 Å². The smallest absolute Gasteiger partial charge is 0.0911 e. The fourth-order valence-corrected chi connectivity index (χ4v) is 1.79. The highest BCUT2D eigenvalue weighted by molar-refractivity contribution is 5.59. The molecule has 0 fully saturated rings. The molecule has 21 heavy (non-hydrogen) atoms. The van der Waals surface area contributed by atoms with Gasteiger partial charge in [0.2, 0.25) is 0 Å². The maximum atomic E-state index is 10.1. The SMILES string of the molecule is CC(C)(O)C(C)(C)OCc1cccc(-c2ccccn2)c1. The fourth-order valence-electron chi connectivity index (χ4n) is 1.79. The first-order valence-electron chi connectivity index (χ1n) is 7.16. The first kappa shape index (κ1) is 15.7. The van der Waals surface area contributed by atoms with Crippen molar-refractivity contribution in [1.82, 2.24) is 4.98 Å². The summed E-state index contributed by atoms with van der Waals surface area (Å²) in [7, 11) is 0. The van der Waals surface area contributed by atoms with Gasteiger partial charge in [-0.3, -0.25) is 4.98 Å². The number of pyridine rings is 1. The molecule has 0 spiro atoms. The summed E-state index contributed by atoms with van der Waals surface area (Å²) in [6, 6.07) is 14.0. The van der Waals surface area contributed by atoms with E-state index in [0.29, 0.717) is 6.61 Å². The number of rotatable bonds is 5. The molecule has 1 aromatic carbocycles. The van der Waals surface area contributed by atoms with E-state index in [4.69, 9.17) is 4.74 Å². The van der Waals surface area contributed by atoms with Crippen LogP contribution in [-0.2, 0) is 11.3 Å². The van der Waals surface area contributed by atoms with Crippen LogP contribution in [0.1, 0.15) is 33.3 Å². The monoisotopic (exact) mass is 285 g/mol. The Hall–Kier alpha value is -1.71. The lowest BCUT2D eigenvalue weighted by molar-refractivity contribution is -0.153. The average Bonchev–Trinajstić information content (AvgIpc) is 2.45. The first-order valence-corrected chi connectivity index (χ1v) is 7.16. The molecule has 0 aliphatic heterocycles. The van der Waals surface area contributed by atoms with Gasteiger partial charge in [0.15, 0.2) is 0 Å². The third-order valence-corrected chi connectivity index (χ3v) is 3.96. The van der Waals surface area contributed by atoms with Crippen LogP contribution in [0.3, 0.4) is 0 Å². The highest BCUT2D eigenvalue weighted by Gasteiger charge is 2.35. The molecule has 1 heterocycles. The topological polar surface area (TPSA) is 42.4 Å². The molecule has 0 unspecified atom stereocenters. The van der Waals surface area contributed by atoms with Crippen LogP contribution in [0, 0.1) is 0 Å². The highest BCUT2D eigenvalue weighted by Crippen LogP contribution is 2.27. The number of aliphatic hydroxyl groups is 1. The molecule has 2 aromatic rings. The molecule has 3 nitrogen and oxygen atoms in total. The predicted molar refractivity (Wildman–Crippen MR) is 84.8 cm³/mol. The lowest BCUT2D eigenvalue weighted by atomic mass is 9.89. The van der Waals surface area contributed by atoms with Crippen molar-refractivity contribution < 1.29 is 9.84 Å². The average molecular weight is 285 g/mol. The van der Waals surface area contributed by atoms with Crippen molar-refractivity contribution in [2.24, 2.45) is 0 Å². The van der Waals surface area contributed by atoms with Crippen molar-refractivity contribution in [2.75, 3.05) is 0 Å². The highest BCUT2D eigenvalue weighted by atomic mass is 16.5. The van der Waals surface area contributed by atoms with E-state index in [1.807, 2.05) is 50.2 Å². The van der Waals surface area contributed by atoms with E-state index in [-0.39, 0.29) is 0 Å². The zero-order valence-corrected chi connectivity index (χ0v) is 13.1. The summed E-state index contributed by atoms with van der Waals surface area (Å²) < 4.78 is 5.90. The second-order valence-electron chi connectivity index (χ2n) is 6.27. The minimum Gasteiger partial charge on any atom is -0.387 e. The minimum atomic E-state index is -0.897. The Labute approximate surface area is 126 Å². The maximum absolute atomic E-state index is 10.1. The summed E-state index contributed by atoms with van der Waals surface area (Å²) >= 11 is 0. The normalized spacial score (nSPS) is 12.4. The van der Waals surface area contributed by atoms with Crippen LogP contribution in [0.25, 0.3) is 11.3 Å². The summed E-state index contributed by atoms with van der Waals surface area (Å²) in [5.74, 6) is 0. The lowest BCUT2D eigenvalue weighted by Gasteiger charge is -2.37. The quantitative estimate of drug-likeness (QED) is 0.908. The Morgan fingerprint density at radius 3 is 2.43 bits per heavy atom. The van der Waals surface area contributed by atoms with Gasteiger partial charge in [-0.05, 0) is 51.5 Å². The summed E-state index contributed by atoms with van der Waals surface area (Å²) in [4.78, 5) is 4.36. The molecule has 0 bridgehead atoms. The van der Waals surface area contributed by atoms with Gasteiger partial charge < -0.3 is 9.84 Å². The molecule has 112 valence electrons. The van der Waals surface area contributed by atoms with E-state index in [1.54, 1.807) is 20.0 Å². The van der Waals surface area contributed by atoms with Gasteiger partial charge in [0, 0.05) is 11.8 Å². The van der Waals surface area contributed by atoms with Crippen molar-refractivity contribution in [1.29, 1.82) is 0 Å². The number of hydrogen-bond donors (Lipinski definition) is 1. The van der Waals surface area contributed by atoms with Gasteiger partial charge in [-0.25, -0.2) is 0 Å². The second kappa shape index (κ2) is 5.96. The van der Waals surface area contributed by atoms with Gasteiger partial charge in [0.1, 0.15) is 0 Å².